The van der Waals surface area contributed by atoms with Crippen molar-refractivity contribution >= 4 is 30.7 Å². The molecule has 0 saturated carbocycles. The molecule has 2 N–H and O–H groups in total. The van der Waals surface area contributed by atoms with Gasteiger partial charge in [-0.3, -0.25) is 4.79 Å². The van der Waals surface area contributed by atoms with Crippen molar-refractivity contribution in [1.29, 1.82) is 0 Å². The molecule has 0 fully saturated rings. The lowest BCUT2D eigenvalue weighted by molar-refractivity contribution is -0.530. The van der Waals surface area contributed by atoms with Crippen LogP contribution in [0.15, 0.2) is 12.3 Å². The molecule has 1 amide bonds. The highest BCUT2D eigenvalue weighted by Crippen LogP contribution is 2.06. The minimum Gasteiger partial charge on any atom is -0.623 e. The van der Waals surface area contributed by atoms with Gasteiger partial charge in [-0.25, -0.2) is 9.53 Å². The van der Waals surface area contributed by atoms with E-state index in [4.69, 9.17) is 5.11 Å². The molecule has 1 aromatic rings. The molecule has 1 aromatic heterocycles. The van der Waals surface area contributed by atoms with Gasteiger partial charge in [0.2, 0.25) is 0 Å². The Hall–Kier alpha value is -2.16. The van der Waals surface area contributed by atoms with E-state index in [1.165, 1.54) is 18.5 Å². The van der Waals surface area contributed by atoms with Crippen LogP contribution in [0.1, 0.15) is 36.8 Å². The van der Waals surface area contributed by atoms with E-state index in [1.807, 2.05) is 0 Å². The Kier molecular flexibility index (Phi) is 5.86. The SMILES string of the molecule is CC(C)(C)/[N+]([O-])=C\c1cnnc(C(=O)NC(CS)C(=O)O)c1. The van der Waals surface area contributed by atoms with Crippen molar-refractivity contribution in [1.82, 2.24) is 15.5 Å². The number of rotatable bonds is 5. The largest absolute Gasteiger partial charge is 0.623 e. The summed E-state index contributed by atoms with van der Waals surface area (Å²) < 4.78 is 0.736. The molecule has 1 rings (SSSR count). The molecule has 9 heteroatoms. The summed E-state index contributed by atoms with van der Waals surface area (Å²) >= 11 is 3.85. The number of carboxylic acids is 1. The number of aliphatic carboxylic acids is 1. The fraction of sp³-hybridized carbons (Fsp3) is 0.462. The number of nitrogens with one attached hydrogen (secondary N) is 1. The summed E-state index contributed by atoms with van der Waals surface area (Å²) in [7, 11) is 0. The molecule has 0 radical (unpaired) electrons. The Labute approximate surface area is 133 Å². The minimum absolute atomic E-state index is 0.0569. The van der Waals surface area contributed by atoms with Crippen molar-refractivity contribution in [3.63, 3.8) is 0 Å². The number of nitrogens with zero attached hydrogens (tertiary/aromatic N) is 3. The first-order valence-corrected chi connectivity index (χ1v) is 7.07. The Morgan fingerprint density at radius 3 is 2.68 bits per heavy atom. The molecule has 22 heavy (non-hydrogen) atoms. The van der Waals surface area contributed by atoms with Gasteiger partial charge in [-0.1, -0.05) is 0 Å². The first-order chi connectivity index (χ1) is 10.1. The fourth-order valence-corrected chi connectivity index (χ4v) is 1.56. The Balaban J connectivity index is 2.97. The van der Waals surface area contributed by atoms with E-state index in [0.717, 1.165) is 4.74 Å². The molecule has 0 aliphatic carbocycles. The van der Waals surface area contributed by atoms with E-state index >= 15 is 0 Å². The third-order valence-corrected chi connectivity index (χ3v) is 2.99. The number of carbonyl (C=O) groups excluding carboxylic acids is 1. The highest BCUT2D eigenvalue weighted by Gasteiger charge is 2.21. The first kappa shape index (κ1) is 17.9. The number of hydrogen-bond acceptors (Lipinski definition) is 6. The third kappa shape index (κ3) is 4.99. The monoisotopic (exact) mass is 326 g/mol. The summed E-state index contributed by atoms with van der Waals surface area (Å²) in [5.74, 6) is -1.95. The molecule has 0 bridgehead atoms. The van der Waals surface area contributed by atoms with Crippen molar-refractivity contribution in [2.75, 3.05) is 5.75 Å². The Morgan fingerprint density at radius 2 is 2.18 bits per heavy atom. The lowest BCUT2D eigenvalue weighted by atomic mass is 10.1. The quantitative estimate of drug-likeness (QED) is 0.236. The second-order valence-electron chi connectivity index (χ2n) is 5.55. The average Bonchev–Trinajstić information content (AvgIpc) is 2.43. The van der Waals surface area contributed by atoms with E-state index in [0.29, 0.717) is 5.56 Å². The predicted octanol–water partition coefficient (Wildman–Crippen LogP) is 0.317. The summed E-state index contributed by atoms with van der Waals surface area (Å²) in [6.07, 6.45) is 2.62. The van der Waals surface area contributed by atoms with Crippen LogP contribution in [0.25, 0.3) is 0 Å². The van der Waals surface area contributed by atoms with Crippen LogP contribution in [-0.4, -0.2) is 55.5 Å². The number of thiol groups is 1. The van der Waals surface area contributed by atoms with Gasteiger partial charge in [0, 0.05) is 26.5 Å². The van der Waals surface area contributed by atoms with Crippen LogP contribution in [0.2, 0.25) is 0 Å². The van der Waals surface area contributed by atoms with Crippen molar-refractivity contribution in [2.24, 2.45) is 0 Å². The van der Waals surface area contributed by atoms with E-state index in [-0.39, 0.29) is 11.4 Å². The van der Waals surface area contributed by atoms with Gasteiger partial charge in [0.1, 0.15) is 6.04 Å². The van der Waals surface area contributed by atoms with Crippen LogP contribution in [0, 0.1) is 5.21 Å². The summed E-state index contributed by atoms with van der Waals surface area (Å²) in [6, 6.07) is 0.229. The zero-order chi connectivity index (χ0) is 16.9. The van der Waals surface area contributed by atoms with Gasteiger partial charge in [0.25, 0.3) is 5.91 Å². The van der Waals surface area contributed by atoms with Gasteiger partial charge < -0.3 is 15.6 Å². The standard InChI is InChI=1S/C13H18N4O4S/c1-13(2,3)17(21)6-8-4-9(16-14-5-8)11(18)15-10(7-22)12(19)20/h4-6,10,22H,7H2,1-3H3,(H,15,18)(H,19,20)/b17-6+. The second-order valence-corrected chi connectivity index (χ2v) is 5.91. The zero-order valence-corrected chi connectivity index (χ0v) is 13.4. The number of hydrogen-bond donors (Lipinski definition) is 3. The number of amides is 1. The molecule has 0 aliphatic rings. The smallest absolute Gasteiger partial charge is 0.327 e. The van der Waals surface area contributed by atoms with Gasteiger partial charge in [0.05, 0.1) is 11.8 Å². The van der Waals surface area contributed by atoms with Crippen LogP contribution in [0.3, 0.4) is 0 Å². The molecule has 0 saturated heterocycles. The molecule has 1 atom stereocenters. The molecule has 1 unspecified atom stereocenters. The molecular weight excluding hydrogens is 308 g/mol. The lowest BCUT2D eigenvalue weighted by Gasteiger charge is -2.18. The first-order valence-electron chi connectivity index (χ1n) is 6.43. The summed E-state index contributed by atoms with van der Waals surface area (Å²) in [5, 5.41) is 30.3. The molecular formula is C13H18N4O4S. The highest BCUT2D eigenvalue weighted by molar-refractivity contribution is 7.80. The lowest BCUT2D eigenvalue weighted by Crippen LogP contribution is -2.42. The molecule has 1 heterocycles. The minimum atomic E-state index is -1.20. The van der Waals surface area contributed by atoms with Crippen LogP contribution in [-0.2, 0) is 4.79 Å². The maximum atomic E-state index is 11.9. The summed E-state index contributed by atoms with van der Waals surface area (Å²) in [5.41, 5.74) is -0.321. The molecule has 120 valence electrons. The maximum Gasteiger partial charge on any atom is 0.327 e. The van der Waals surface area contributed by atoms with Gasteiger partial charge in [-0.05, 0) is 6.07 Å². The average molecular weight is 326 g/mol. The maximum absolute atomic E-state index is 11.9. The van der Waals surface area contributed by atoms with E-state index < -0.39 is 23.5 Å². The zero-order valence-electron chi connectivity index (χ0n) is 12.5. The predicted molar refractivity (Wildman–Crippen MR) is 83.3 cm³/mol. The van der Waals surface area contributed by atoms with Crippen molar-refractivity contribution in [3.8, 4) is 0 Å². The third-order valence-electron chi connectivity index (χ3n) is 2.62. The molecule has 0 spiro atoms. The number of carboxylic acid groups (broad SMARTS) is 1. The summed E-state index contributed by atoms with van der Waals surface area (Å²) in [4.78, 5) is 22.8. The van der Waals surface area contributed by atoms with Crippen molar-refractivity contribution in [3.05, 3.63) is 28.7 Å². The van der Waals surface area contributed by atoms with E-state index in [2.05, 4.69) is 28.1 Å². The summed E-state index contributed by atoms with van der Waals surface area (Å²) in [6.45, 7) is 5.22. The van der Waals surface area contributed by atoms with Crippen LogP contribution in [0.4, 0.5) is 0 Å². The van der Waals surface area contributed by atoms with E-state index in [9.17, 15) is 14.8 Å². The number of carbonyl (C=O) groups is 2. The second kappa shape index (κ2) is 7.21. The van der Waals surface area contributed by atoms with Gasteiger partial charge in [-0.2, -0.15) is 17.7 Å². The Morgan fingerprint density at radius 1 is 1.55 bits per heavy atom. The van der Waals surface area contributed by atoms with Gasteiger partial charge in [-0.15, -0.1) is 5.10 Å². The van der Waals surface area contributed by atoms with Crippen LogP contribution < -0.4 is 5.32 Å². The van der Waals surface area contributed by atoms with Crippen LogP contribution >= 0.6 is 12.6 Å². The molecule has 0 aromatic carbocycles. The van der Waals surface area contributed by atoms with Crippen LogP contribution in [0.5, 0.6) is 0 Å². The highest BCUT2D eigenvalue weighted by atomic mass is 32.1. The Bertz CT molecular complexity index is 598. The van der Waals surface area contributed by atoms with Crippen molar-refractivity contribution in [2.45, 2.75) is 32.4 Å². The topological polar surface area (TPSA) is 118 Å². The molecule has 8 nitrogen and oxygen atoms in total. The number of aromatic nitrogens is 2. The number of hydroxylamine groups is 1. The van der Waals surface area contributed by atoms with Gasteiger partial charge in [0.15, 0.2) is 17.4 Å². The van der Waals surface area contributed by atoms with Gasteiger partial charge >= 0.3 is 5.97 Å². The molecule has 0 aliphatic heterocycles. The fourth-order valence-electron chi connectivity index (χ4n) is 1.31. The normalized spacial score (nSPS) is 13.5. The van der Waals surface area contributed by atoms with Crippen molar-refractivity contribution < 1.29 is 19.4 Å². The van der Waals surface area contributed by atoms with E-state index in [1.54, 1.807) is 20.8 Å².